The number of anilines is 1. The van der Waals surface area contributed by atoms with Gasteiger partial charge in [0.25, 0.3) is 0 Å². The summed E-state index contributed by atoms with van der Waals surface area (Å²) in [6, 6.07) is 0. The molecule has 0 aliphatic carbocycles. The number of aromatic nitrogens is 4. The lowest BCUT2D eigenvalue weighted by Crippen LogP contribution is -2.43. The fraction of sp³-hybridized carbons (Fsp3) is 0.562. The number of likely N-dealkylation sites (N-methyl/N-ethyl adjacent to an activating group) is 1. The van der Waals surface area contributed by atoms with E-state index in [1.807, 2.05) is 24.1 Å². The Hall–Kier alpha value is -2.14. The van der Waals surface area contributed by atoms with Crippen LogP contribution in [0.5, 0.6) is 0 Å². The minimum Gasteiger partial charge on any atom is -0.387 e. The molecule has 9 nitrogen and oxygen atoms in total. The number of aliphatic hydroxyl groups excluding tert-OH is 1. The van der Waals surface area contributed by atoms with Crippen molar-refractivity contribution in [3.63, 3.8) is 0 Å². The van der Waals surface area contributed by atoms with E-state index < -0.39 is 24.1 Å². The summed E-state index contributed by atoms with van der Waals surface area (Å²) < 4.78 is 22.6. The van der Waals surface area contributed by atoms with E-state index in [4.69, 9.17) is 16.2 Å². The Morgan fingerprint density at radius 1 is 1.42 bits per heavy atom. The van der Waals surface area contributed by atoms with Crippen LogP contribution in [0.2, 0.25) is 0 Å². The van der Waals surface area contributed by atoms with Crippen molar-refractivity contribution in [1.29, 1.82) is 0 Å². The Morgan fingerprint density at radius 3 is 2.92 bits per heavy atom. The van der Waals surface area contributed by atoms with Crippen LogP contribution in [0.3, 0.4) is 0 Å². The maximum atomic E-state index is 15.3. The van der Waals surface area contributed by atoms with Gasteiger partial charge >= 0.3 is 0 Å². The third-order valence-electron chi connectivity index (χ3n) is 4.57. The van der Waals surface area contributed by atoms with Crippen LogP contribution in [-0.2, 0) is 4.74 Å². The first-order valence-corrected chi connectivity index (χ1v) is 8.35. The molecule has 2 aromatic heterocycles. The molecule has 0 radical (unpaired) electrons. The topological polar surface area (TPSA) is 128 Å². The van der Waals surface area contributed by atoms with E-state index in [-0.39, 0.29) is 5.82 Å². The fourth-order valence-electron chi connectivity index (χ4n) is 3.14. The van der Waals surface area contributed by atoms with E-state index in [0.29, 0.717) is 30.8 Å². The van der Waals surface area contributed by atoms with Crippen LogP contribution >= 0.6 is 0 Å². The summed E-state index contributed by atoms with van der Waals surface area (Å²) >= 11 is 0. The summed E-state index contributed by atoms with van der Waals surface area (Å²) in [5.74, 6) is 0.204. The molecule has 0 unspecified atom stereocenters. The molecule has 2 aromatic rings. The first-order chi connectivity index (χ1) is 12.4. The zero-order chi connectivity index (χ0) is 18.9. The van der Waals surface area contributed by atoms with Crippen molar-refractivity contribution in [2.75, 3.05) is 32.4 Å². The number of nitrogens with zero attached hydrogens (tertiary/aromatic N) is 5. The van der Waals surface area contributed by atoms with Gasteiger partial charge in [0.2, 0.25) is 0 Å². The summed E-state index contributed by atoms with van der Waals surface area (Å²) in [5.41, 5.74) is 9.91. The van der Waals surface area contributed by atoms with E-state index >= 15 is 4.39 Å². The van der Waals surface area contributed by atoms with Gasteiger partial charge in [-0.05, 0) is 14.0 Å². The number of nitrogens with two attached hydrogens (primary N) is 2. The van der Waals surface area contributed by atoms with E-state index in [2.05, 4.69) is 15.0 Å². The number of hydrogen-bond acceptors (Lipinski definition) is 8. The Bertz CT molecular complexity index is 794. The van der Waals surface area contributed by atoms with Crippen LogP contribution < -0.4 is 11.5 Å². The molecule has 0 aromatic carbocycles. The van der Waals surface area contributed by atoms with Crippen molar-refractivity contribution >= 4 is 17.0 Å². The summed E-state index contributed by atoms with van der Waals surface area (Å²) in [6.07, 6.45) is 3.36. The molecular formula is C16H24FN7O2. The first kappa shape index (κ1) is 18.6. The van der Waals surface area contributed by atoms with Gasteiger partial charge in [-0.2, -0.15) is 0 Å². The molecule has 4 atom stereocenters. The number of fused-ring (bicyclic) bond motifs is 1. The number of aliphatic hydroxyl groups is 1. The molecule has 26 heavy (non-hydrogen) atoms. The van der Waals surface area contributed by atoms with Crippen LogP contribution in [0.25, 0.3) is 11.2 Å². The van der Waals surface area contributed by atoms with Crippen molar-refractivity contribution in [1.82, 2.24) is 24.4 Å². The summed E-state index contributed by atoms with van der Waals surface area (Å²) in [6.45, 7) is 2.75. The molecule has 1 saturated heterocycles. The smallest absolute Gasteiger partial charge is 0.181 e. The minimum absolute atomic E-state index is 0.204. The number of nitrogen functional groups attached to an aromatic ring is 1. The molecule has 10 heteroatoms. The third-order valence-corrected chi connectivity index (χ3v) is 4.57. The van der Waals surface area contributed by atoms with E-state index in [1.165, 1.54) is 24.1 Å². The zero-order valence-corrected chi connectivity index (χ0v) is 14.8. The highest BCUT2D eigenvalue weighted by Gasteiger charge is 2.55. The van der Waals surface area contributed by atoms with Crippen LogP contribution in [0, 0.1) is 0 Å². The van der Waals surface area contributed by atoms with Gasteiger partial charge in [-0.3, -0.25) is 4.57 Å². The van der Waals surface area contributed by atoms with Crippen molar-refractivity contribution in [3.8, 4) is 0 Å². The van der Waals surface area contributed by atoms with Gasteiger partial charge in [-0.25, -0.2) is 19.3 Å². The Kier molecular flexibility index (Phi) is 5.19. The molecule has 5 N–H and O–H groups in total. The number of imidazole rings is 1. The van der Waals surface area contributed by atoms with E-state index in [1.54, 1.807) is 0 Å². The molecule has 0 saturated carbocycles. The second-order valence-electron chi connectivity index (χ2n) is 6.63. The maximum Gasteiger partial charge on any atom is 0.181 e. The highest BCUT2D eigenvalue weighted by Crippen LogP contribution is 2.42. The van der Waals surface area contributed by atoms with Crippen LogP contribution in [0.4, 0.5) is 10.2 Å². The predicted molar refractivity (Wildman–Crippen MR) is 94.9 cm³/mol. The molecule has 1 aliphatic rings. The van der Waals surface area contributed by atoms with Crippen molar-refractivity contribution in [2.24, 2.45) is 5.73 Å². The zero-order valence-electron chi connectivity index (χ0n) is 14.8. The lowest BCUT2D eigenvalue weighted by atomic mass is 9.98. The average Bonchev–Trinajstić information content (AvgIpc) is 3.11. The molecule has 1 fully saturated rings. The van der Waals surface area contributed by atoms with Gasteiger partial charge in [0, 0.05) is 19.6 Å². The summed E-state index contributed by atoms with van der Waals surface area (Å²) in [5, 5.41) is 10.5. The second kappa shape index (κ2) is 7.23. The van der Waals surface area contributed by atoms with Crippen molar-refractivity contribution < 1.29 is 14.2 Å². The third kappa shape index (κ3) is 3.28. The summed E-state index contributed by atoms with van der Waals surface area (Å²) in [4.78, 5) is 14.1. The second-order valence-corrected chi connectivity index (χ2v) is 6.63. The predicted octanol–water partition coefficient (Wildman–Crippen LogP) is -0.158. The molecule has 0 spiro atoms. The highest BCUT2D eigenvalue weighted by molar-refractivity contribution is 5.81. The standard InChI is InChI=1S/C16H24FN7O2/c1-16(17)12(25)10(7-23(2)6-4-3-5-18)26-15(16)24-9-22-11-13(19)20-8-21-14(11)24/h3-4,8-10,12,15,25H,5-7,18H2,1-2H3,(H2,19,20,21)/b4-3-/t10-,12-,15-,16+/m1/s1. The molecule has 0 bridgehead atoms. The molecule has 3 rings (SSSR count). The molecule has 1 aliphatic heterocycles. The number of ether oxygens (including phenoxy) is 1. The number of hydrogen-bond donors (Lipinski definition) is 3. The van der Waals surface area contributed by atoms with Gasteiger partial charge in [0.15, 0.2) is 23.4 Å². The van der Waals surface area contributed by atoms with E-state index in [0.717, 1.165) is 0 Å². The number of halogens is 1. The van der Waals surface area contributed by atoms with Crippen LogP contribution in [0.1, 0.15) is 13.2 Å². The van der Waals surface area contributed by atoms with Crippen molar-refractivity contribution in [3.05, 3.63) is 24.8 Å². The molecule has 0 amide bonds. The Morgan fingerprint density at radius 2 is 2.19 bits per heavy atom. The van der Waals surface area contributed by atoms with Gasteiger partial charge in [0.1, 0.15) is 24.1 Å². The van der Waals surface area contributed by atoms with Gasteiger partial charge < -0.3 is 26.2 Å². The van der Waals surface area contributed by atoms with Gasteiger partial charge in [-0.15, -0.1) is 0 Å². The number of alkyl halides is 1. The quantitative estimate of drug-likeness (QED) is 0.603. The van der Waals surface area contributed by atoms with Gasteiger partial charge in [-0.1, -0.05) is 12.2 Å². The molecule has 142 valence electrons. The van der Waals surface area contributed by atoms with Crippen LogP contribution in [-0.4, -0.2) is 74.1 Å². The maximum absolute atomic E-state index is 15.3. The summed E-state index contributed by atoms with van der Waals surface area (Å²) in [7, 11) is 1.86. The highest BCUT2D eigenvalue weighted by atomic mass is 19.1. The SMILES string of the molecule is CN(C/C=C\CN)C[C@H]1O[C@@H](n2cnc3c(N)ncnc32)[C@@](C)(F)[C@@H]1O. The minimum atomic E-state index is -2.02. The molecular weight excluding hydrogens is 341 g/mol. The van der Waals surface area contributed by atoms with Crippen molar-refractivity contribution in [2.45, 2.75) is 31.0 Å². The average molecular weight is 365 g/mol. The van der Waals surface area contributed by atoms with E-state index in [9.17, 15) is 5.11 Å². The van der Waals surface area contributed by atoms with Crippen LogP contribution in [0.15, 0.2) is 24.8 Å². The number of rotatable bonds is 6. The lowest BCUT2D eigenvalue weighted by Gasteiger charge is -2.25. The monoisotopic (exact) mass is 365 g/mol. The van der Waals surface area contributed by atoms with Gasteiger partial charge in [0.05, 0.1) is 6.33 Å². The lowest BCUT2D eigenvalue weighted by molar-refractivity contribution is -0.0496. The Balaban J connectivity index is 1.82. The molecule has 3 heterocycles. The largest absolute Gasteiger partial charge is 0.387 e. The fourth-order valence-corrected chi connectivity index (χ4v) is 3.14. The first-order valence-electron chi connectivity index (χ1n) is 8.35. The normalized spacial score (nSPS) is 29.4. The Labute approximate surface area is 150 Å².